The summed E-state index contributed by atoms with van der Waals surface area (Å²) in [6.45, 7) is -4.59. The van der Waals surface area contributed by atoms with Crippen LogP contribution in [-0.2, 0) is 124 Å². The van der Waals surface area contributed by atoms with Crippen LogP contribution >= 0.6 is 62.6 Å². The number of benzene rings is 2. The second-order valence-corrected chi connectivity index (χ2v) is 39.9. The van der Waals surface area contributed by atoms with E-state index in [0.29, 0.717) is 28.0 Å². The highest BCUT2D eigenvalue weighted by molar-refractivity contribution is 7.62. The third kappa shape index (κ3) is 27.7. The smallest absolute Gasteiger partial charge is 0.387 e. The standard InChI is InChI=1S/C19H21N3O12P2.C17H20N4O12P2.C14H20N4O12P2.C14H18N4O12P2/c23-15-6-8-21(19(26)22(15)9-13-12-4-2-1-3-11(12)5-7-20-13)18-17(25)16(24)14(33-18)10-32-36(30,31)34-35(27,28)29;22-13-5-6-20(17(25)21(13)7-11-9-3-1-2-4-10(9)18-19-11)16-15(24)14(23)12(32-16)8-31-35(29,30)33-34(26,27)28;1-16-4-2-8(15-16)6-18-10(19)3-5-17(14(18)22)13-12(21)11(20)9(29-13)7-28-32(26,27)30-31(23,24)25;19-10-2-5-17(14(22)18(10)6-9-15-3-1-4-16-9)13-12(21)11(20)8(29-13)7-28-32(26,27)30-31(23,24)25/h1-8,14,16-18,24-25H,9-10H2,(H,30,31)(H2,27,28,29);1-6,12,14-16,23-24H,7-8H2,(H,18,19)(H,29,30)(H2,26,27,28);2-5,9,11-13,20-21H,6-7H2,1H3,(H,26,27)(H2,23,24,25);1-5,8,11-13,20-21H,6-7H2,(H,26,27)(H2,23,24,25)/t14-,16?,17+,18-;12-,14?,15+,16-;9-,11?,12+,13-;8-,11?,12+,13-/m1111/s1. The fourth-order valence-corrected chi connectivity index (χ4v) is 19.6. The van der Waals surface area contributed by atoms with E-state index in [1.165, 1.54) is 29.3 Å². The summed E-state index contributed by atoms with van der Waals surface area (Å²) in [6, 6.07) is 23.3. The number of phosphoric ester groups is 4. The number of ether oxygens (including phenoxy) is 4. The first-order chi connectivity index (χ1) is 62.9. The summed E-state index contributed by atoms with van der Waals surface area (Å²) in [6.07, 6.45) is -15.8. The third-order valence-corrected chi connectivity index (χ3v) is 27.8. The van der Waals surface area contributed by atoms with Crippen molar-refractivity contribution < 1.29 is 190 Å². The van der Waals surface area contributed by atoms with Gasteiger partial charge in [-0.3, -0.25) is 88.6 Å². The van der Waals surface area contributed by atoms with Gasteiger partial charge in [0.2, 0.25) is 0 Å². The molecule has 0 spiro atoms. The molecule has 63 nitrogen and oxygen atoms in total. The Morgan fingerprint density at radius 2 is 0.681 bits per heavy atom. The lowest BCUT2D eigenvalue weighted by Gasteiger charge is -2.19. The molecule has 0 saturated carbocycles. The maximum atomic E-state index is 13.2. The van der Waals surface area contributed by atoms with Gasteiger partial charge in [0, 0.05) is 91.7 Å². The van der Waals surface area contributed by atoms with Gasteiger partial charge in [-0.15, -0.1) is 0 Å². The van der Waals surface area contributed by atoms with Gasteiger partial charge in [0.1, 0.15) is 79.1 Å². The number of aromatic amines is 1. The lowest BCUT2D eigenvalue weighted by atomic mass is 10.1. The van der Waals surface area contributed by atoms with Crippen LogP contribution in [0.4, 0.5) is 0 Å². The number of aryl methyl sites for hydroxylation is 1. The Labute approximate surface area is 747 Å². The molecule has 20 atom stereocenters. The predicted molar refractivity (Wildman–Crippen MR) is 439 cm³/mol. The molecular formula is C64H79N15O48P8. The van der Waals surface area contributed by atoms with Gasteiger partial charge in [-0.1, -0.05) is 42.5 Å². The second kappa shape index (κ2) is 43.1. The van der Waals surface area contributed by atoms with Crippen molar-refractivity contribution in [3.63, 3.8) is 0 Å². The molecule has 4 saturated heterocycles. The first-order valence-electron chi connectivity index (χ1n) is 37.7. The maximum Gasteiger partial charge on any atom is 0.481 e. The molecule has 0 radical (unpaired) electrons. The van der Waals surface area contributed by atoms with Gasteiger partial charge in [0.15, 0.2) is 24.9 Å². The van der Waals surface area contributed by atoms with E-state index >= 15 is 0 Å². The Morgan fingerprint density at radius 1 is 0.356 bits per heavy atom. The van der Waals surface area contributed by atoms with Gasteiger partial charge in [-0.25, -0.2) is 65.7 Å². The van der Waals surface area contributed by atoms with Crippen molar-refractivity contribution in [3.05, 3.63) is 247 Å². The summed E-state index contributed by atoms with van der Waals surface area (Å²) >= 11 is 0. The van der Waals surface area contributed by atoms with Gasteiger partial charge in [0.05, 0.1) is 75.2 Å². The fraction of sp³-hybridized carbons (Fsp3) is 0.391. The Hall–Kier alpha value is -9.11. The molecule has 8 aromatic heterocycles. The number of aliphatic hydroxyl groups is 8. The Balaban J connectivity index is 0.000000173. The van der Waals surface area contributed by atoms with E-state index in [0.717, 1.165) is 96.4 Å². The van der Waals surface area contributed by atoms with Crippen molar-refractivity contribution in [2.45, 2.75) is 124 Å². The SMILES string of the molecule is Cn1ccc(Cn2c(=O)ccn([C@@H]3O[C@H](COP(=O)(O)OP(=O)(O)O)C(O)[C@@H]3O)c2=O)n1.O=c1ccn([C@@H]2O[C@H](COP(=O)(O)OP(=O)(O)O)C(O)[C@@H]2O)c(=O)n1Cc1[nH]nc2ccccc12.O=c1ccn([C@@H]2O[C@H](COP(=O)(O)OP(=O)(O)O)C(O)[C@@H]2O)c(=O)n1Cc1nccc2ccccc12.O=c1ccn([C@@H]2O[C@H](COP(=O)(O)OP(=O)(O)O)C(O)[C@@H]2O)c(=O)n1Cc1ncccn1. The fourth-order valence-electron chi connectivity index (χ4n) is 13.2. The number of fused-ring (bicyclic) bond motifs is 2. The molecule has 135 heavy (non-hydrogen) atoms. The average molecular weight is 2070 g/mol. The summed E-state index contributed by atoms with van der Waals surface area (Å²) in [5.74, 6) is 0.160. The summed E-state index contributed by atoms with van der Waals surface area (Å²) in [5.41, 5.74) is -4.33. The van der Waals surface area contributed by atoms with E-state index in [1.807, 2.05) is 12.1 Å². The van der Waals surface area contributed by atoms with Crippen LogP contribution in [0.2, 0.25) is 0 Å². The van der Waals surface area contributed by atoms with E-state index in [2.05, 4.69) is 65.6 Å². The van der Waals surface area contributed by atoms with Gasteiger partial charge in [-0.2, -0.15) is 27.4 Å². The normalized spacial score (nSPS) is 25.0. The molecule has 4 aliphatic rings. The molecule has 4 aliphatic heterocycles. The van der Waals surface area contributed by atoms with Crippen molar-refractivity contribution in [1.29, 1.82) is 0 Å². The molecule has 21 N–H and O–H groups in total. The molecule has 0 bridgehead atoms. The van der Waals surface area contributed by atoms with Crippen LogP contribution in [0.15, 0.2) is 179 Å². The predicted octanol–water partition coefficient (Wildman–Crippen LogP) is -6.44. The van der Waals surface area contributed by atoms with Gasteiger partial charge < -0.3 is 119 Å². The number of aliphatic hydroxyl groups excluding tert-OH is 8. The Bertz CT molecular complexity index is 6880. The second-order valence-electron chi connectivity index (χ2n) is 28.6. The minimum atomic E-state index is -5.37. The summed E-state index contributed by atoms with van der Waals surface area (Å²) in [5, 5.41) is 95.4. The third-order valence-electron chi connectivity index (χ3n) is 19.2. The zero-order chi connectivity index (χ0) is 99.3. The number of aromatic nitrogens is 15. The van der Waals surface area contributed by atoms with Gasteiger partial charge in [-0.05, 0) is 29.7 Å². The largest absolute Gasteiger partial charge is 0.481 e. The van der Waals surface area contributed by atoms with Crippen LogP contribution in [-0.4, -0.2) is 271 Å². The van der Waals surface area contributed by atoms with Crippen molar-refractivity contribution >= 4 is 84.3 Å². The molecule has 0 amide bonds. The van der Waals surface area contributed by atoms with Crippen LogP contribution in [0, 0.1) is 0 Å². The maximum absolute atomic E-state index is 13.2. The minimum Gasteiger partial charge on any atom is -0.387 e. The number of phosphoric acid groups is 8. The molecule has 0 aliphatic carbocycles. The number of hydrogen-bond donors (Lipinski definition) is 21. The molecular weight excluding hydrogens is 1990 g/mol. The molecule has 2 aromatic carbocycles. The van der Waals surface area contributed by atoms with Crippen molar-refractivity contribution in [2.75, 3.05) is 26.4 Å². The summed E-state index contributed by atoms with van der Waals surface area (Å²) in [4.78, 5) is 220. The number of hydrogen-bond acceptors (Lipinski definition) is 41. The van der Waals surface area contributed by atoms with Crippen molar-refractivity contribution in [1.82, 2.24) is 71.5 Å². The first-order valence-corrected chi connectivity index (χ1v) is 49.8. The summed E-state index contributed by atoms with van der Waals surface area (Å²) in [7, 11) is -40.7. The van der Waals surface area contributed by atoms with Crippen molar-refractivity contribution in [3.8, 4) is 0 Å². The van der Waals surface area contributed by atoms with E-state index in [1.54, 1.807) is 61.8 Å². The van der Waals surface area contributed by atoms with E-state index in [4.69, 9.17) is 58.1 Å². The summed E-state index contributed by atoms with van der Waals surface area (Å²) < 4.78 is 151. The topological polar surface area (TPSA) is 913 Å². The van der Waals surface area contributed by atoms with Crippen LogP contribution in [0.25, 0.3) is 21.7 Å². The molecule has 4 fully saturated rings. The highest BCUT2D eigenvalue weighted by Gasteiger charge is 2.51. The molecule has 12 heterocycles. The van der Waals surface area contributed by atoms with Crippen LogP contribution < -0.4 is 45.0 Å². The Kier molecular flexibility index (Phi) is 33.9. The average Bonchev–Trinajstić information content (AvgIpc) is 1.66. The lowest BCUT2D eigenvalue weighted by molar-refractivity contribution is -0.0548. The van der Waals surface area contributed by atoms with E-state index < -0.39 is 232 Å². The zero-order valence-corrected chi connectivity index (χ0v) is 75.0. The van der Waals surface area contributed by atoms with Crippen LogP contribution in [0.5, 0.6) is 0 Å². The number of rotatable bonds is 32. The molecule has 10 aromatic rings. The van der Waals surface area contributed by atoms with E-state index in [-0.39, 0.29) is 32.0 Å². The number of nitrogens with zero attached hydrogens (tertiary/aromatic N) is 14. The van der Waals surface area contributed by atoms with Crippen molar-refractivity contribution in [2.24, 2.45) is 7.05 Å². The monoisotopic (exact) mass is 2070 g/mol. The van der Waals surface area contributed by atoms with Crippen LogP contribution in [0.3, 0.4) is 0 Å². The van der Waals surface area contributed by atoms with Crippen LogP contribution in [0.1, 0.15) is 47.8 Å². The lowest BCUT2D eigenvalue weighted by Crippen LogP contribution is -2.43. The Morgan fingerprint density at radius 3 is 1.03 bits per heavy atom. The molecule has 14 rings (SSSR count). The van der Waals surface area contributed by atoms with Gasteiger partial charge in [0.25, 0.3) is 22.2 Å². The van der Waals surface area contributed by atoms with Gasteiger partial charge >= 0.3 is 85.3 Å². The quantitative estimate of drug-likeness (QED) is 0.0174. The first kappa shape index (κ1) is 106. The zero-order valence-electron chi connectivity index (χ0n) is 67.9. The molecule has 8 unspecified atom stereocenters. The number of H-pyrrole nitrogens is 1. The molecule has 71 heteroatoms. The highest BCUT2D eigenvalue weighted by Crippen LogP contribution is 2.61. The molecule has 738 valence electrons. The number of nitrogens with one attached hydrogen (secondary N) is 1. The number of pyridine rings is 1. The minimum absolute atomic E-state index is 0.160. The number of para-hydroxylation sites is 1. The highest BCUT2D eigenvalue weighted by atomic mass is 31.3. The van der Waals surface area contributed by atoms with E-state index in [9.17, 15) is 135 Å².